The normalized spacial score (nSPS) is 15.9. The molecule has 1 aromatic carbocycles. The highest BCUT2D eigenvalue weighted by molar-refractivity contribution is 6.04. The van der Waals surface area contributed by atoms with E-state index >= 15 is 0 Å². The molecule has 0 saturated heterocycles. The minimum Gasteiger partial charge on any atom is -0.476 e. The van der Waals surface area contributed by atoms with Crippen molar-refractivity contribution in [3.63, 3.8) is 0 Å². The second-order valence-electron chi connectivity index (χ2n) is 6.55. The number of carbonyl (C=O) groups is 2. The molecule has 0 unspecified atom stereocenters. The minimum atomic E-state index is -0.982. The molecule has 0 radical (unpaired) electrons. The van der Waals surface area contributed by atoms with E-state index in [0.29, 0.717) is 29.3 Å². The number of Topliss-reactive ketones (excluding diaryl/α,β-unsaturated/α-hetero) is 1. The van der Waals surface area contributed by atoms with Gasteiger partial charge in [-0.1, -0.05) is 5.16 Å². The first-order valence-corrected chi connectivity index (χ1v) is 7.78. The molecule has 126 valence electrons. The van der Waals surface area contributed by atoms with Gasteiger partial charge in [-0.2, -0.15) is 0 Å². The van der Waals surface area contributed by atoms with E-state index < -0.39 is 5.60 Å². The third-order valence-corrected chi connectivity index (χ3v) is 4.28. The summed E-state index contributed by atoms with van der Waals surface area (Å²) in [6.07, 6.45) is 0. The molecule has 0 aliphatic carbocycles. The Labute approximate surface area is 140 Å². The molecule has 0 spiro atoms. The number of anilines is 1. The van der Waals surface area contributed by atoms with Gasteiger partial charge < -0.3 is 14.2 Å². The molecule has 6 nitrogen and oxygen atoms in total. The maximum Gasteiger partial charge on any atom is 0.271 e. The molecule has 0 atom stereocenters. The lowest BCUT2D eigenvalue weighted by Gasteiger charge is -2.39. The monoisotopic (exact) mass is 328 g/mol. The number of carbonyl (C=O) groups excluding carboxylic acids is 2. The first-order chi connectivity index (χ1) is 11.2. The number of benzene rings is 1. The van der Waals surface area contributed by atoms with Gasteiger partial charge in [-0.3, -0.25) is 9.59 Å². The number of aromatic nitrogens is 1. The Bertz CT molecular complexity index is 816. The predicted molar refractivity (Wildman–Crippen MR) is 88.3 cm³/mol. The Hall–Kier alpha value is -2.63. The molecule has 1 aliphatic rings. The van der Waals surface area contributed by atoms with Crippen LogP contribution in [0.3, 0.4) is 0 Å². The topological polar surface area (TPSA) is 72.6 Å². The Balaban J connectivity index is 2.11. The van der Waals surface area contributed by atoms with Crippen LogP contribution in [0.2, 0.25) is 0 Å². The van der Waals surface area contributed by atoms with Crippen molar-refractivity contribution < 1.29 is 18.8 Å². The molecule has 24 heavy (non-hydrogen) atoms. The molecule has 3 rings (SSSR count). The van der Waals surface area contributed by atoms with Gasteiger partial charge in [0.15, 0.2) is 11.4 Å². The Morgan fingerprint density at radius 1 is 1.29 bits per heavy atom. The number of hydrogen-bond donors (Lipinski definition) is 0. The van der Waals surface area contributed by atoms with Gasteiger partial charge in [0.05, 0.1) is 17.9 Å². The molecular formula is C18H20N2O4. The number of rotatable bonds is 3. The van der Waals surface area contributed by atoms with Crippen molar-refractivity contribution in [2.75, 3.05) is 4.90 Å². The summed E-state index contributed by atoms with van der Waals surface area (Å²) in [6, 6.07) is 5.14. The van der Waals surface area contributed by atoms with Gasteiger partial charge in [-0.05, 0) is 52.8 Å². The molecule has 2 aromatic rings. The molecule has 1 aliphatic heterocycles. The fraction of sp³-hybridized carbons (Fsp3) is 0.389. The van der Waals surface area contributed by atoms with Gasteiger partial charge >= 0.3 is 0 Å². The van der Waals surface area contributed by atoms with E-state index in [1.165, 1.54) is 6.92 Å². The Morgan fingerprint density at radius 2 is 2.00 bits per heavy atom. The van der Waals surface area contributed by atoms with Crippen LogP contribution in [0.15, 0.2) is 22.7 Å². The first kappa shape index (κ1) is 16.2. The van der Waals surface area contributed by atoms with E-state index in [-0.39, 0.29) is 11.7 Å². The van der Waals surface area contributed by atoms with E-state index in [9.17, 15) is 9.59 Å². The van der Waals surface area contributed by atoms with Crippen LogP contribution in [0.4, 0.5) is 5.69 Å². The van der Waals surface area contributed by atoms with Crippen molar-refractivity contribution in [1.29, 1.82) is 0 Å². The smallest absolute Gasteiger partial charge is 0.271 e. The van der Waals surface area contributed by atoms with Crippen LogP contribution >= 0.6 is 0 Å². The van der Waals surface area contributed by atoms with Crippen LogP contribution in [-0.2, 0) is 11.3 Å². The van der Waals surface area contributed by atoms with Crippen LogP contribution in [0.25, 0.3) is 0 Å². The van der Waals surface area contributed by atoms with Crippen molar-refractivity contribution in [2.45, 2.75) is 46.8 Å². The van der Waals surface area contributed by atoms with E-state index in [1.54, 1.807) is 36.9 Å². The van der Waals surface area contributed by atoms with Gasteiger partial charge in [0.1, 0.15) is 11.5 Å². The zero-order valence-electron chi connectivity index (χ0n) is 14.5. The summed E-state index contributed by atoms with van der Waals surface area (Å²) in [4.78, 5) is 26.2. The summed E-state index contributed by atoms with van der Waals surface area (Å²) >= 11 is 0. The summed E-state index contributed by atoms with van der Waals surface area (Å²) < 4.78 is 11.0. The quantitative estimate of drug-likeness (QED) is 0.809. The first-order valence-electron chi connectivity index (χ1n) is 7.78. The average Bonchev–Trinajstić information content (AvgIpc) is 2.82. The van der Waals surface area contributed by atoms with Crippen molar-refractivity contribution in [1.82, 2.24) is 5.16 Å². The number of fused-ring (bicyclic) bond motifs is 1. The number of aryl methyl sites for hydroxylation is 2. The van der Waals surface area contributed by atoms with Gasteiger partial charge in [0, 0.05) is 11.1 Å². The maximum atomic E-state index is 12.9. The number of ether oxygens (including phenoxy) is 1. The van der Waals surface area contributed by atoms with Crippen LogP contribution in [0.1, 0.15) is 48.1 Å². The van der Waals surface area contributed by atoms with Crippen molar-refractivity contribution in [3.05, 3.63) is 40.8 Å². The summed E-state index contributed by atoms with van der Waals surface area (Å²) in [5, 5.41) is 3.95. The summed E-state index contributed by atoms with van der Waals surface area (Å²) in [5.74, 6) is 1.02. The number of amides is 1. The van der Waals surface area contributed by atoms with Crippen LogP contribution in [0, 0.1) is 13.8 Å². The van der Waals surface area contributed by atoms with Crippen molar-refractivity contribution >= 4 is 17.4 Å². The summed E-state index contributed by atoms with van der Waals surface area (Å²) in [5.41, 5.74) is 1.75. The fourth-order valence-electron chi connectivity index (χ4n) is 2.83. The highest BCUT2D eigenvalue weighted by Gasteiger charge is 2.41. The van der Waals surface area contributed by atoms with Crippen molar-refractivity contribution in [3.8, 4) is 5.75 Å². The third-order valence-electron chi connectivity index (χ3n) is 4.28. The number of hydrogen-bond acceptors (Lipinski definition) is 5. The lowest BCUT2D eigenvalue weighted by atomic mass is 10.0. The Kier molecular flexibility index (Phi) is 3.70. The molecule has 6 heteroatoms. The highest BCUT2D eigenvalue weighted by Crippen LogP contribution is 2.39. The van der Waals surface area contributed by atoms with Crippen LogP contribution in [-0.4, -0.2) is 22.4 Å². The van der Waals surface area contributed by atoms with Gasteiger partial charge in [-0.15, -0.1) is 0 Å². The highest BCUT2D eigenvalue weighted by atomic mass is 16.5. The summed E-state index contributed by atoms with van der Waals surface area (Å²) in [7, 11) is 0. The maximum absolute atomic E-state index is 12.9. The average molecular weight is 328 g/mol. The van der Waals surface area contributed by atoms with E-state index in [0.717, 1.165) is 11.3 Å². The standard InChI is InChI=1S/C18H20N2O4/c1-10-14(12(3)24-19-10)9-20-15-8-13(11(2)21)6-7-16(15)23-18(4,5)17(20)22/h6-8H,9H2,1-5H3. The molecule has 0 saturated carbocycles. The summed E-state index contributed by atoms with van der Waals surface area (Å²) in [6.45, 7) is 8.94. The van der Waals surface area contributed by atoms with Crippen LogP contribution < -0.4 is 9.64 Å². The lowest BCUT2D eigenvalue weighted by molar-refractivity contribution is -0.132. The lowest BCUT2D eigenvalue weighted by Crippen LogP contribution is -2.52. The number of ketones is 1. The molecule has 0 bridgehead atoms. The molecule has 2 heterocycles. The zero-order chi connectivity index (χ0) is 17.6. The van der Waals surface area contributed by atoms with Gasteiger partial charge in [-0.25, -0.2) is 0 Å². The van der Waals surface area contributed by atoms with Gasteiger partial charge in [0.25, 0.3) is 5.91 Å². The molecule has 1 aromatic heterocycles. The molecule has 0 fully saturated rings. The molecule has 1 amide bonds. The second kappa shape index (κ2) is 5.47. The SMILES string of the molecule is CC(=O)c1ccc2c(c1)N(Cc1c(C)noc1C)C(=O)C(C)(C)O2. The van der Waals surface area contributed by atoms with E-state index in [1.807, 2.05) is 13.8 Å². The second-order valence-corrected chi connectivity index (χ2v) is 6.55. The largest absolute Gasteiger partial charge is 0.476 e. The number of nitrogens with zero attached hydrogens (tertiary/aromatic N) is 2. The predicted octanol–water partition coefficient (Wildman–Crippen LogP) is 3.20. The fourth-order valence-corrected chi connectivity index (χ4v) is 2.83. The Morgan fingerprint density at radius 3 is 2.58 bits per heavy atom. The van der Waals surface area contributed by atoms with Gasteiger partial charge in [0.2, 0.25) is 0 Å². The zero-order valence-corrected chi connectivity index (χ0v) is 14.5. The van der Waals surface area contributed by atoms with E-state index in [2.05, 4.69) is 5.16 Å². The van der Waals surface area contributed by atoms with E-state index in [4.69, 9.17) is 9.26 Å². The van der Waals surface area contributed by atoms with Crippen molar-refractivity contribution in [2.24, 2.45) is 0 Å². The minimum absolute atomic E-state index is 0.0626. The molecular weight excluding hydrogens is 308 g/mol. The molecule has 0 N–H and O–H groups in total. The van der Waals surface area contributed by atoms with Crippen LogP contribution in [0.5, 0.6) is 5.75 Å². The third kappa shape index (κ3) is 2.58.